The molecule has 2 N–H and O–H groups in total. The van der Waals surface area contributed by atoms with Crippen LogP contribution in [0, 0.1) is 0 Å². The van der Waals surface area contributed by atoms with E-state index in [1.165, 1.54) is 11.3 Å². The van der Waals surface area contributed by atoms with E-state index in [-0.39, 0.29) is 5.60 Å². The number of methoxy groups -OCH3 is 1. The van der Waals surface area contributed by atoms with Gasteiger partial charge in [-0.25, -0.2) is 4.98 Å². The number of carbonyl (C=O) groups excluding carboxylic acids is 1. The number of nitrogens with two attached hydrogens (primary N) is 1. The predicted molar refractivity (Wildman–Crippen MR) is 117 cm³/mol. The van der Waals surface area contributed by atoms with Crippen LogP contribution in [0.1, 0.15) is 57.2 Å². The maximum absolute atomic E-state index is 10.7. The fraction of sp³-hybridized carbons (Fsp3) is 0.571. The Bertz CT molecular complexity index is 654. The van der Waals surface area contributed by atoms with Crippen molar-refractivity contribution in [1.82, 2.24) is 9.97 Å². The zero-order valence-electron chi connectivity index (χ0n) is 18.0. The Morgan fingerprint density at radius 2 is 1.93 bits per heavy atom. The van der Waals surface area contributed by atoms with Crippen molar-refractivity contribution in [2.24, 2.45) is 5.73 Å². The molecule has 0 spiro atoms. The van der Waals surface area contributed by atoms with E-state index in [4.69, 9.17) is 15.2 Å². The smallest absolute Gasteiger partial charge is 0.169 e. The van der Waals surface area contributed by atoms with E-state index in [1.54, 1.807) is 18.7 Å². The number of hydrogen-bond donors (Lipinski definition) is 1. The SMILES string of the molecule is CC.COC(C)(C)C.NCCOCCCc1cc(-c2nc(C=O)cs2)ccn1. The largest absolute Gasteiger partial charge is 0.380 e. The van der Waals surface area contributed by atoms with Crippen LogP contribution in [0.25, 0.3) is 10.6 Å². The molecular formula is C21H35N3O3S. The maximum atomic E-state index is 10.7. The molecule has 0 amide bonds. The summed E-state index contributed by atoms with van der Waals surface area (Å²) in [5, 5.41) is 2.60. The van der Waals surface area contributed by atoms with Crippen molar-refractivity contribution in [3.63, 3.8) is 0 Å². The van der Waals surface area contributed by atoms with Gasteiger partial charge in [-0.3, -0.25) is 9.78 Å². The van der Waals surface area contributed by atoms with Crippen molar-refractivity contribution < 1.29 is 14.3 Å². The summed E-state index contributed by atoms with van der Waals surface area (Å²) in [5.41, 5.74) is 7.86. The van der Waals surface area contributed by atoms with Gasteiger partial charge < -0.3 is 15.2 Å². The van der Waals surface area contributed by atoms with Crippen LogP contribution in [0.15, 0.2) is 23.7 Å². The number of nitrogens with zero attached hydrogens (tertiary/aromatic N) is 2. The number of rotatable bonds is 8. The highest BCUT2D eigenvalue weighted by Crippen LogP contribution is 2.23. The van der Waals surface area contributed by atoms with Gasteiger partial charge in [-0.15, -0.1) is 11.3 Å². The third-order valence-corrected chi connectivity index (χ3v) is 4.21. The van der Waals surface area contributed by atoms with Gasteiger partial charge in [0.25, 0.3) is 0 Å². The molecule has 0 saturated heterocycles. The molecule has 2 aromatic heterocycles. The maximum Gasteiger partial charge on any atom is 0.169 e. The number of thiazole rings is 1. The number of ether oxygens (including phenoxy) is 2. The second-order valence-corrected chi connectivity index (χ2v) is 7.41. The molecule has 0 aliphatic rings. The van der Waals surface area contributed by atoms with Crippen LogP contribution in [-0.2, 0) is 15.9 Å². The lowest BCUT2D eigenvalue weighted by Crippen LogP contribution is -2.15. The van der Waals surface area contributed by atoms with E-state index in [2.05, 4.69) is 9.97 Å². The van der Waals surface area contributed by atoms with Gasteiger partial charge in [0.15, 0.2) is 6.29 Å². The highest BCUT2D eigenvalue weighted by atomic mass is 32.1. The van der Waals surface area contributed by atoms with E-state index in [1.807, 2.05) is 46.8 Å². The number of carbonyl (C=O) groups is 1. The number of hydrogen-bond acceptors (Lipinski definition) is 7. The average Bonchev–Trinajstić information content (AvgIpc) is 3.19. The molecule has 0 atom stereocenters. The number of aryl methyl sites for hydroxylation is 1. The Morgan fingerprint density at radius 3 is 2.46 bits per heavy atom. The zero-order chi connectivity index (χ0) is 21.4. The number of aldehydes is 1. The van der Waals surface area contributed by atoms with Gasteiger partial charge in [-0.2, -0.15) is 0 Å². The first kappa shape index (κ1) is 26.3. The monoisotopic (exact) mass is 409 g/mol. The minimum atomic E-state index is 0.0417. The topological polar surface area (TPSA) is 87.3 Å². The molecule has 6 nitrogen and oxygen atoms in total. The first-order chi connectivity index (χ1) is 13.4. The molecule has 0 aromatic carbocycles. The van der Waals surface area contributed by atoms with Crippen molar-refractivity contribution >= 4 is 17.6 Å². The highest BCUT2D eigenvalue weighted by molar-refractivity contribution is 7.13. The van der Waals surface area contributed by atoms with Crippen molar-refractivity contribution in [1.29, 1.82) is 0 Å². The quantitative estimate of drug-likeness (QED) is 0.514. The van der Waals surface area contributed by atoms with Gasteiger partial charge in [-0.05, 0) is 45.7 Å². The summed E-state index contributed by atoms with van der Waals surface area (Å²) in [6.07, 6.45) is 4.29. The molecule has 2 heterocycles. The molecule has 0 saturated carbocycles. The van der Waals surface area contributed by atoms with E-state index >= 15 is 0 Å². The summed E-state index contributed by atoms with van der Waals surface area (Å²) in [4.78, 5) is 19.2. The van der Waals surface area contributed by atoms with Crippen LogP contribution >= 0.6 is 11.3 Å². The normalized spacial score (nSPS) is 10.4. The lowest BCUT2D eigenvalue weighted by Gasteiger charge is -2.14. The summed E-state index contributed by atoms with van der Waals surface area (Å²) in [6, 6.07) is 3.91. The summed E-state index contributed by atoms with van der Waals surface area (Å²) in [5.74, 6) is 0. The number of aromatic nitrogens is 2. The summed E-state index contributed by atoms with van der Waals surface area (Å²) in [7, 11) is 1.71. The molecule has 0 fully saturated rings. The summed E-state index contributed by atoms with van der Waals surface area (Å²) < 4.78 is 10.3. The van der Waals surface area contributed by atoms with Gasteiger partial charge >= 0.3 is 0 Å². The molecule has 0 bridgehead atoms. The van der Waals surface area contributed by atoms with E-state index in [9.17, 15) is 4.79 Å². The van der Waals surface area contributed by atoms with Gasteiger partial charge in [-0.1, -0.05) is 13.8 Å². The third kappa shape index (κ3) is 11.9. The third-order valence-electron chi connectivity index (χ3n) is 3.30. The predicted octanol–water partition coefficient (Wildman–Crippen LogP) is 4.38. The molecule has 0 unspecified atom stereocenters. The standard InChI is InChI=1S/C14H17N3O2S.C5H12O.C2H6/c15-4-7-19-6-1-2-12-8-11(3-5-16-12)14-17-13(9-18)10-20-14;1-5(2,3)6-4;1-2/h3,5,8-10H,1-2,4,6-7,15H2;1-4H3;1-2H3. The average molecular weight is 410 g/mol. The second kappa shape index (κ2) is 15.3. The molecular weight excluding hydrogens is 374 g/mol. The minimum absolute atomic E-state index is 0.0417. The van der Waals surface area contributed by atoms with Crippen LogP contribution in [0.2, 0.25) is 0 Å². The van der Waals surface area contributed by atoms with Crippen LogP contribution < -0.4 is 5.73 Å². The Morgan fingerprint density at radius 1 is 1.25 bits per heavy atom. The lowest BCUT2D eigenvalue weighted by atomic mass is 10.1. The fourth-order valence-corrected chi connectivity index (χ4v) is 2.52. The van der Waals surface area contributed by atoms with Crippen molar-refractivity contribution in [3.05, 3.63) is 35.1 Å². The van der Waals surface area contributed by atoms with Crippen LogP contribution in [0.5, 0.6) is 0 Å². The molecule has 158 valence electrons. The second-order valence-electron chi connectivity index (χ2n) is 6.55. The van der Waals surface area contributed by atoms with E-state index in [0.717, 1.165) is 35.4 Å². The Labute approximate surface area is 173 Å². The minimum Gasteiger partial charge on any atom is -0.380 e. The van der Waals surface area contributed by atoms with Gasteiger partial charge in [0, 0.05) is 43.1 Å². The molecule has 7 heteroatoms. The van der Waals surface area contributed by atoms with Crippen molar-refractivity contribution in [3.8, 4) is 10.6 Å². The van der Waals surface area contributed by atoms with E-state index in [0.29, 0.717) is 25.5 Å². The molecule has 28 heavy (non-hydrogen) atoms. The fourth-order valence-electron chi connectivity index (χ4n) is 1.76. The van der Waals surface area contributed by atoms with Crippen LogP contribution in [0.4, 0.5) is 0 Å². The van der Waals surface area contributed by atoms with E-state index < -0.39 is 0 Å². The van der Waals surface area contributed by atoms with Crippen LogP contribution in [0.3, 0.4) is 0 Å². The Kier molecular flexibility index (Phi) is 14.4. The molecule has 0 aliphatic carbocycles. The Hall–Kier alpha value is -1.67. The van der Waals surface area contributed by atoms with Crippen molar-refractivity contribution in [2.75, 3.05) is 26.9 Å². The van der Waals surface area contributed by atoms with Gasteiger partial charge in [0.1, 0.15) is 10.7 Å². The zero-order valence-corrected chi connectivity index (χ0v) is 18.8. The van der Waals surface area contributed by atoms with Crippen molar-refractivity contribution in [2.45, 2.75) is 53.1 Å². The molecule has 0 aliphatic heterocycles. The lowest BCUT2D eigenvalue weighted by molar-refractivity contribution is 0.0397. The summed E-state index contributed by atoms with van der Waals surface area (Å²) in [6.45, 7) is 11.9. The van der Waals surface area contributed by atoms with Crippen LogP contribution in [-0.4, -0.2) is 48.7 Å². The molecule has 2 aromatic rings. The first-order valence-electron chi connectivity index (χ1n) is 9.58. The number of pyridine rings is 1. The molecule has 0 radical (unpaired) electrons. The summed E-state index contributed by atoms with van der Waals surface area (Å²) >= 11 is 1.46. The Balaban J connectivity index is 0.000000780. The van der Waals surface area contributed by atoms with Gasteiger partial charge in [0.05, 0.1) is 12.2 Å². The van der Waals surface area contributed by atoms with Gasteiger partial charge in [0.2, 0.25) is 0 Å². The highest BCUT2D eigenvalue weighted by Gasteiger charge is 2.06. The molecule has 2 rings (SSSR count). The first-order valence-corrected chi connectivity index (χ1v) is 10.5.